The van der Waals surface area contributed by atoms with E-state index in [4.69, 9.17) is 14.5 Å². The Morgan fingerprint density at radius 1 is 1.09 bits per heavy atom. The molecule has 2 N–H and O–H groups in total. The van der Waals surface area contributed by atoms with Crippen LogP contribution < -0.4 is 19.7 Å². The van der Waals surface area contributed by atoms with Crippen LogP contribution in [0.4, 0.5) is 20.7 Å². The first-order valence-corrected chi connectivity index (χ1v) is 11.1. The smallest absolute Gasteiger partial charge is 0.328 e. The van der Waals surface area contributed by atoms with E-state index in [9.17, 15) is 14.3 Å². The summed E-state index contributed by atoms with van der Waals surface area (Å²) < 4.78 is 26.3. The Hall–Kier alpha value is -4.08. The molecule has 3 aromatic rings. The summed E-state index contributed by atoms with van der Waals surface area (Å²) >= 11 is 0. The molecule has 35 heavy (non-hydrogen) atoms. The topological polar surface area (TPSA) is 101 Å². The number of ether oxygens (including phenoxy) is 2. The molecule has 2 aromatic carbocycles. The number of carbonyl (C=O) groups excluding carboxylic acids is 1. The summed E-state index contributed by atoms with van der Waals surface area (Å²) in [5.41, 5.74) is 1.69. The first-order chi connectivity index (χ1) is 16.6. The van der Waals surface area contributed by atoms with Crippen LogP contribution in [0.25, 0.3) is 0 Å². The normalized spacial score (nSPS) is 19.1. The molecular weight excluding hydrogens is 453 g/mol. The summed E-state index contributed by atoms with van der Waals surface area (Å²) in [5, 5.41) is 18.0. The van der Waals surface area contributed by atoms with Crippen molar-refractivity contribution >= 4 is 23.4 Å². The minimum Gasteiger partial charge on any atom is -0.502 e. The van der Waals surface area contributed by atoms with Gasteiger partial charge >= 0.3 is 6.03 Å². The number of hydrogen-bond donors (Lipinski definition) is 2. The van der Waals surface area contributed by atoms with Gasteiger partial charge in [0.15, 0.2) is 17.3 Å². The van der Waals surface area contributed by atoms with E-state index in [1.165, 1.54) is 26.4 Å². The molecular formula is C25H26FN5O4. The van der Waals surface area contributed by atoms with Gasteiger partial charge < -0.3 is 14.6 Å². The van der Waals surface area contributed by atoms with Gasteiger partial charge in [0.1, 0.15) is 17.7 Å². The van der Waals surface area contributed by atoms with Crippen LogP contribution in [-0.4, -0.2) is 47.0 Å². The van der Waals surface area contributed by atoms with E-state index in [1.54, 1.807) is 35.4 Å². The molecule has 0 bridgehead atoms. The van der Waals surface area contributed by atoms with Crippen molar-refractivity contribution in [1.82, 2.24) is 15.1 Å². The van der Waals surface area contributed by atoms with E-state index >= 15 is 0 Å². The van der Waals surface area contributed by atoms with Crippen molar-refractivity contribution < 1.29 is 23.8 Å². The van der Waals surface area contributed by atoms with Crippen molar-refractivity contribution in [2.45, 2.75) is 38.3 Å². The highest BCUT2D eigenvalue weighted by Gasteiger charge is 2.48. The van der Waals surface area contributed by atoms with Crippen molar-refractivity contribution in [2.75, 3.05) is 19.1 Å². The maximum atomic E-state index is 13.7. The number of urea groups is 1. The number of nitrogens with zero attached hydrogens (tertiary/aromatic N) is 4. The number of amides is 2. The number of rotatable bonds is 4. The number of aliphatic imine (C=N–C) groups is 1. The molecule has 1 saturated heterocycles. The maximum Gasteiger partial charge on any atom is 0.328 e. The molecule has 182 valence electrons. The molecule has 0 saturated carbocycles. The standard InChI is InChI=1S/C25H26FN5O4/c1-25(2,3)31-23-16(12-27-31)19(13-10-17(34-4)21(32)18(11-13)35-5)20-22(28-23)29-24(33)30(20)15-8-6-14(26)7-9-15/h6-12,19-20,32H,1-5H3,(H,28,29,33)/t19-,20-/m0/s1. The molecule has 0 unspecified atom stereocenters. The van der Waals surface area contributed by atoms with Crippen LogP contribution in [0, 0.1) is 5.82 Å². The average molecular weight is 480 g/mol. The zero-order valence-electron chi connectivity index (χ0n) is 20.0. The van der Waals surface area contributed by atoms with E-state index < -0.39 is 17.8 Å². The Morgan fingerprint density at radius 2 is 1.71 bits per heavy atom. The zero-order valence-corrected chi connectivity index (χ0v) is 20.0. The highest BCUT2D eigenvalue weighted by molar-refractivity contribution is 6.18. The van der Waals surface area contributed by atoms with Crippen LogP contribution in [0.2, 0.25) is 0 Å². The van der Waals surface area contributed by atoms with Crippen LogP contribution in [0.3, 0.4) is 0 Å². The van der Waals surface area contributed by atoms with E-state index in [-0.39, 0.29) is 28.8 Å². The van der Waals surface area contributed by atoms with Gasteiger partial charge in [0.05, 0.1) is 26.0 Å². The van der Waals surface area contributed by atoms with Crippen molar-refractivity contribution in [3.8, 4) is 17.2 Å². The molecule has 1 aromatic heterocycles. The number of aromatic hydroxyl groups is 1. The van der Waals surface area contributed by atoms with Crippen LogP contribution in [0.1, 0.15) is 37.8 Å². The molecule has 0 aliphatic carbocycles. The van der Waals surface area contributed by atoms with E-state index in [0.717, 1.165) is 11.1 Å². The average Bonchev–Trinajstić information content (AvgIpc) is 3.38. The van der Waals surface area contributed by atoms with Gasteiger partial charge in [-0.3, -0.25) is 10.2 Å². The lowest BCUT2D eigenvalue weighted by molar-refractivity contribution is 0.252. The first-order valence-electron chi connectivity index (χ1n) is 11.1. The summed E-state index contributed by atoms with van der Waals surface area (Å²) in [7, 11) is 2.92. The SMILES string of the molecule is COc1cc([C@H]2c3cnn(C(C)(C)C)c3N=C3NC(=O)N(c4ccc(F)cc4)[C@H]32)cc(OC)c1O. The fraction of sp³-hybridized carbons (Fsp3) is 0.320. The minimum atomic E-state index is -0.572. The number of fused-ring (bicyclic) bond motifs is 2. The van der Waals surface area contributed by atoms with Crippen LogP contribution in [-0.2, 0) is 5.54 Å². The van der Waals surface area contributed by atoms with Crippen molar-refractivity contribution in [3.63, 3.8) is 0 Å². The summed E-state index contributed by atoms with van der Waals surface area (Å²) in [6.45, 7) is 6.06. The molecule has 1 fully saturated rings. The maximum absolute atomic E-state index is 13.7. The predicted octanol–water partition coefficient (Wildman–Crippen LogP) is 4.27. The number of methoxy groups -OCH3 is 2. The Kier molecular flexibility index (Phi) is 5.19. The number of anilines is 1. The third-order valence-electron chi connectivity index (χ3n) is 6.26. The van der Waals surface area contributed by atoms with Crippen molar-refractivity contribution in [1.29, 1.82) is 0 Å². The van der Waals surface area contributed by atoms with Gasteiger partial charge in [0.2, 0.25) is 5.75 Å². The van der Waals surface area contributed by atoms with Gasteiger partial charge in [-0.1, -0.05) is 0 Å². The Labute approximate surface area is 201 Å². The molecule has 9 nitrogen and oxygen atoms in total. The highest BCUT2D eigenvalue weighted by Crippen LogP contribution is 2.48. The van der Waals surface area contributed by atoms with Gasteiger partial charge in [0, 0.05) is 17.2 Å². The number of carbonyl (C=O) groups is 1. The van der Waals surface area contributed by atoms with E-state index in [2.05, 4.69) is 10.4 Å². The van der Waals surface area contributed by atoms with Crippen LogP contribution in [0.5, 0.6) is 17.2 Å². The van der Waals surface area contributed by atoms with Gasteiger partial charge in [-0.15, -0.1) is 0 Å². The lowest BCUT2D eigenvalue weighted by Crippen LogP contribution is -2.42. The summed E-state index contributed by atoms with van der Waals surface area (Å²) in [6.07, 6.45) is 1.75. The quantitative estimate of drug-likeness (QED) is 0.582. The third kappa shape index (κ3) is 3.56. The molecule has 10 heteroatoms. The van der Waals surface area contributed by atoms with Crippen LogP contribution in [0.15, 0.2) is 47.6 Å². The number of benzene rings is 2. The molecule has 3 heterocycles. The molecule has 5 rings (SSSR count). The minimum absolute atomic E-state index is 0.120. The summed E-state index contributed by atoms with van der Waals surface area (Å²) in [5.74, 6) is 0.586. The van der Waals surface area contributed by atoms with Crippen LogP contribution >= 0.6 is 0 Å². The summed E-state index contributed by atoms with van der Waals surface area (Å²) in [4.78, 5) is 19.6. The predicted molar refractivity (Wildman–Crippen MR) is 129 cm³/mol. The third-order valence-corrected chi connectivity index (χ3v) is 6.26. The lowest BCUT2D eigenvalue weighted by atomic mass is 9.83. The lowest BCUT2D eigenvalue weighted by Gasteiger charge is -2.34. The Balaban J connectivity index is 1.76. The highest BCUT2D eigenvalue weighted by atomic mass is 19.1. The Morgan fingerprint density at radius 3 is 2.29 bits per heavy atom. The second-order valence-corrected chi connectivity index (χ2v) is 9.48. The Bertz CT molecular complexity index is 1320. The second-order valence-electron chi connectivity index (χ2n) is 9.48. The molecule has 0 spiro atoms. The fourth-order valence-electron chi connectivity index (χ4n) is 4.69. The van der Waals surface area contributed by atoms with E-state index in [1.807, 2.05) is 25.5 Å². The first kappa shape index (κ1) is 22.7. The fourth-order valence-corrected chi connectivity index (χ4v) is 4.69. The molecule has 2 atom stereocenters. The zero-order chi connectivity index (χ0) is 25.1. The van der Waals surface area contributed by atoms with E-state index in [0.29, 0.717) is 17.3 Å². The molecule has 2 aliphatic heterocycles. The number of hydrogen-bond acceptors (Lipinski definition) is 6. The number of phenolic OH excluding ortho intramolecular Hbond substituents is 1. The second kappa shape index (κ2) is 8.00. The van der Waals surface area contributed by atoms with Crippen molar-refractivity contribution in [3.05, 3.63) is 59.5 Å². The monoisotopic (exact) mass is 479 g/mol. The number of phenols is 1. The number of amidine groups is 1. The van der Waals surface area contributed by atoms with Gasteiger partial charge in [-0.25, -0.2) is 18.9 Å². The summed E-state index contributed by atoms with van der Waals surface area (Å²) in [6, 6.07) is 8.23. The van der Waals surface area contributed by atoms with Gasteiger partial charge in [-0.2, -0.15) is 5.10 Å². The number of nitrogens with one attached hydrogen (secondary N) is 1. The molecule has 2 aliphatic rings. The van der Waals surface area contributed by atoms with Gasteiger partial charge in [0.25, 0.3) is 0 Å². The van der Waals surface area contributed by atoms with Gasteiger partial charge in [-0.05, 0) is 62.7 Å². The number of halogens is 1. The molecule has 0 radical (unpaired) electrons. The molecule has 2 amide bonds. The van der Waals surface area contributed by atoms with Crippen molar-refractivity contribution in [2.24, 2.45) is 4.99 Å². The number of aromatic nitrogens is 2. The largest absolute Gasteiger partial charge is 0.502 e.